The topological polar surface area (TPSA) is 27.7 Å². The molecule has 1 rings (SSSR count). The van der Waals surface area contributed by atoms with Gasteiger partial charge in [0.05, 0.1) is 0 Å². The Hall–Kier alpha value is 0.0969. The van der Waals surface area contributed by atoms with Crippen LogP contribution in [0.25, 0.3) is 0 Å². The fourth-order valence-electron chi connectivity index (χ4n) is 1.94. The van der Waals surface area contributed by atoms with Crippen LogP contribution in [-0.2, 0) is 13.3 Å². The summed E-state index contributed by atoms with van der Waals surface area (Å²) in [6.45, 7) is 2.21. The SMILES string of the molecule is CCCCC1CCC[Si](OC)(OC)O1. The van der Waals surface area contributed by atoms with E-state index in [2.05, 4.69) is 6.92 Å². The molecule has 3 nitrogen and oxygen atoms in total. The summed E-state index contributed by atoms with van der Waals surface area (Å²) in [5, 5.41) is 0. The van der Waals surface area contributed by atoms with Crippen LogP contribution < -0.4 is 0 Å². The average Bonchev–Trinajstić information content (AvgIpc) is 2.26. The van der Waals surface area contributed by atoms with Gasteiger partial charge in [0, 0.05) is 26.4 Å². The molecule has 1 fully saturated rings. The van der Waals surface area contributed by atoms with Gasteiger partial charge in [-0.1, -0.05) is 19.8 Å². The van der Waals surface area contributed by atoms with Gasteiger partial charge in [-0.05, 0) is 19.3 Å². The number of hydrogen-bond donors (Lipinski definition) is 0. The molecule has 0 aromatic heterocycles. The smallest absolute Gasteiger partial charge is 0.377 e. The fraction of sp³-hybridized carbons (Fsp3) is 1.00. The zero-order chi connectivity index (χ0) is 10.4. The molecule has 1 aliphatic heterocycles. The molecule has 0 saturated carbocycles. The molecular weight excluding hydrogens is 196 g/mol. The number of hydrogen-bond acceptors (Lipinski definition) is 3. The van der Waals surface area contributed by atoms with Crippen molar-refractivity contribution in [3.63, 3.8) is 0 Å². The molecule has 0 aromatic carbocycles. The van der Waals surface area contributed by atoms with E-state index in [0.29, 0.717) is 6.10 Å². The lowest BCUT2D eigenvalue weighted by molar-refractivity contribution is 0.0290. The van der Waals surface area contributed by atoms with Crippen LogP contribution in [0.4, 0.5) is 0 Å². The maximum absolute atomic E-state index is 5.97. The lowest BCUT2D eigenvalue weighted by atomic mass is 10.1. The van der Waals surface area contributed by atoms with E-state index in [1.807, 2.05) is 0 Å². The Kier molecular flexibility index (Phi) is 5.09. The molecular formula is C10H22O3Si. The Labute approximate surface area is 88.1 Å². The Morgan fingerprint density at radius 3 is 2.64 bits per heavy atom. The van der Waals surface area contributed by atoms with Crippen LogP contribution in [0.3, 0.4) is 0 Å². The van der Waals surface area contributed by atoms with Crippen molar-refractivity contribution in [1.82, 2.24) is 0 Å². The highest BCUT2D eigenvalue weighted by atomic mass is 28.4. The Bertz CT molecular complexity index is 159. The third-order valence-corrected chi connectivity index (χ3v) is 5.76. The molecule has 0 spiro atoms. The molecule has 0 aliphatic carbocycles. The van der Waals surface area contributed by atoms with Crippen molar-refractivity contribution in [2.45, 2.75) is 51.2 Å². The van der Waals surface area contributed by atoms with Gasteiger partial charge in [0.15, 0.2) is 0 Å². The molecule has 84 valence electrons. The van der Waals surface area contributed by atoms with E-state index in [1.54, 1.807) is 14.2 Å². The van der Waals surface area contributed by atoms with E-state index >= 15 is 0 Å². The van der Waals surface area contributed by atoms with Gasteiger partial charge >= 0.3 is 8.80 Å². The van der Waals surface area contributed by atoms with E-state index in [-0.39, 0.29) is 0 Å². The van der Waals surface area contributed by atoms with Gasteiger partial charge in [0.1, 0.15) is 0 Å². The first kappa shape index (κ1) is 12.2. The Morgan fingerprint density at radius 2 is 2.07 bits per heavy atom. The van der Waals surface area contributed by atoms with Crippen LogP contribution >= 0.6 is 0 Å². The van der Waals surface area contributed by atoms with Gasteiger partial charge in [0.25, 0.3) is 0 Å². The molecule has 1 aliphatic rings. The van der Waals surface area contributed by atoms with Crippen LogP contribution in [0.5, 0.6) is 0 Å². The largest absolute Gasteiger partial charge is 0.500 e. The zero-order valence-electron chi connectivity index (χ0n) is 9.54. The second-order valence-electron chi connectivity index (χ2n) is 3.87. The minimum absolute atomic E-state index is 0.371. The van der Waals surface area contributed by atoms with Crippen molar-refractivity contribution >= 4 is 8.80 Å². The highest BCUT2D eigenvalue weighted by Crippen LogP contribution is 2.29. The van der Waals surface area contributed by atoms with Crippen molar-refractivity contribution in [2.24, 2.45) is 0 Å². The molecule has 1 unspecified atom stereocenters. The first-order valence-electron chi connectivity index (χ1n) is 5.54. The number of unbranched alkanes of at least 4 members (excludes halogenated alkanes) is 1. The Balaban J connectivity index is 2.41. The minimum atomic E-state index is -2.24. The molecule has 0 N–H and O–H groups in total. The molecule has 1 atom stereocenters. The summed E-state index contributed by atoms with van der Waals surface area (Å²) < 4.78 is 16.8. The predicted molar refractivity (Wildman–Crippen MR) is 58.2 cm³/mol. The van der Waals surface area contributed by atoms with Gasteiger partial charge in [-0.3, -0.25) is 0 Å². The molecule has 1 saturated heterocycles. The van der Waals surface area contributed by atoms with Crippen molar-refractivity contribution in [1.29, 1.82) is 0 Å². The maximum Gasteiger partial charge on any atom is 0.500 e. The second-order valence-corrected chi connectivity index (χ2v) is 6.78. The second kappa shape index (κ2) is 5.85. The summed E-state index contributed by atoms with van der Waals surface area (Å²) in [7, 11) is 1.17. The average molecular weight is 218 g/mol. The van der Waals surface area contributed by atoms with Gasteiger partial charge in [-0.15, -0.1) is 0 Å². The maximum atomic E-state index is 5.97. The third kappa shape index (κ3) is 3.05. The normalized spacial score (nSPS) is 26.4. The lowest BCUT2D eigenvalue weighted by Gasteiger charge is -2.35. The van der Waals surface area contributed by atoms with Crippen LogP contribution in [0.2, 0.25) is 6.04 Å². The first-order chi connectivity index (χ1) is 6.76. The van der Waals surface area contributed by atoms with Crippen molar-refractivity contribution < 1.29 is 13.3 Å². The van der Waals surface area contributed by atoms with Crippen molar-refractivity contribution in [3.8, 4) is 0 Å². The standard InChI is InChI=1S/C10H22O3Si/c1-4-5-7-10-8-6-9-14(11-2,12-3)13-10/h10H,4-9H2,1-3H3. The van der Waals surface area contributed by atoms with Crippen LogP contribution in [0.1, 0.15) is 39.0 Å². The van der Waals surface area contributed by atoms with Crippen molar-refractivity contribution in [3.05, 3.63) is 0 Å². The van der Waals surface area contributed by atoms with Crippen LogP contribution in [0.15, 0.2) is 0 Å². The van der Waals surface area contributed by atoms with E-state index < -0.39 is 8.80 Å². The molecule has 0 radical (unpaired) electrons. The summed E-state index contributed by atoms with van der Waals surface area (Å²) in [4.78, 5) is 0. The summed E-state index contributed by atoms with van der Waals surface area (Å²) in [5.74, 6) is 0. The van der Waals surface area contributed by atoms with Crippen molar-refractivity contribution in [2.75, 3.05) is 14.2 Å². The van der Waals surface area contributed by atoms with E-state index in [0.717, 1.165) is 12.5 Å². The summed E-state index contributed by atoms with van der Waals surface area (Å²) in [6, 6.07) is 0.975. The molecule has 14 heavy (non-hydrogen) atoms. The predicted octanol–water partition coefficient (Wildman–Crippen LogP) is 2.59. The summed E-state index contributed by atoms with van der Waals surface area (Å²) in [6.07, 6.45) is 6.34. The first-order valence-corrected chi connectivity index (χ1v) is 7.47. The minimum Gasteiger partial charge on any atom is -0.377 e. The lowest BCUT2D eigenvalue weighted by Crippen LogP contribution is -2.49. The van der Waals surface area contributed by atoms with Crippen LogP contribution in [-0.4, -0.2) is 29.1 Å². The van der Waals surface area contributed by atoms with Gasteiger partial charge < -0.3 is 13.3 Å². The van der Waals surface area contributed by atoms with Gasteiger partial charge in [0.2, 0.25) is 0 Å². The summed E-state index contributed by atoms with van der Waals surface area (Å²) in [5.41, 5.74) is 0. The fourth-order valence-corrected chi connectivity index (χ4v) is 4.20. The Morgan fingerprint density at radius 1 is 1.36 bits per heavy atom. The van der Waals surface area contributed by atoms with Gasteiger partial charge in [-0.25, -0.2) is 0 Å². The van der Waals surface area contributed by atoms with E-state index in [9.17, 15) is 0 Å². The molecule has 4 heteroatoms. The highest BCUT2D eigenvalue weighted by Gasteiger charge is 2.43. The quantitative estimate of drug-likeness (QED) is 0.664. The van der Waals surface area contributed by atoms with Gasteiger partial charge in [-0.2, -0.15) is 0 Å². The summed E-state index contributed by atoms with van der Waals surface area (Å²) >= 11 is 0. The van der Waals surface area contributed by atoms with E-state index in [4.69, 9.17) is 13.3 Å². The molecule has 0 amide bonds. The molecule has 1 heterocycles. The number of rotatable bonds is 5. The highest BCUT2D eigenvalue weighted by molar-refractivity contribution is 6.60. The third-order valence-electron chi connectivity index (χ3n) is 2.86. The van der Waals surface area contributed by atoms with E-state index in [1.165, 1.54) is 25.7 Å². The van der Waals surface area contributed by atoms with Crippen LogP contribution in [0, 0.1) is 0 Å². The monoisotopic (exact) mass is 218 g/mol. The molecule has 0 aromatic rings. The zero-order valence-corrected chi connectivity index (χ0v) is 10.5. The molecule has 0 bridgehead atoms.